The molecule has 0 saturated carbocycles. The van der Waals surface area contributed by atoms with E-state index in [1.165, 1.54) is 17.8 Å². The Morgan fingerprint density at radius 1 is 0.947 bits per heavy atom. The minimum atomic E-state index is -1.23. The van der Waals surface area contributed by atoms with Gasteiger partial charge < -0.3 is 9.90 Å². The smallest absolute Gasteiger partial charge is 0.173 e. The van der Waals surface area contributed by atoms with Crippen LogP contribution in [0.2, 0.25) is 0 Å². The molecule has 0 spiro atoms. The number of aromatic carboxylic acids is 1. The van der Waals surface area contributed by atoms with Crippen molar-refractivity contribution in [2.24, 2.45) is 0 Å². The first-order valence-corrected chi connectivity index (χ1v) is 6.68. The zero-order chi connectivity index (χ0) is 13.7. The van der Waals surface area contributed by atoms with Crippen LogP contribution in [0.15, 0.2) is 59.5 Å². The van der Waals surface area contributed by atoms with E-state index in [9.17, 15) is 14.7 Å². The minimum Gasteiger partial charge on any atom is -0.545 e. The van der Waals surface area contributed by atoms with Gasteiger partial charge in [-0.2, -0.15) is 0 Å². The molecule has 4 heteroatoms. The number of carbonyl (C=O) groups excluding carboxylic acids is 2. The van der Waals surface area contributed by atoms with Crippen molar-refractivity contribution in [2.45, 2.75) is 4.90 Å². The van der Waals surface area contributed by atoms with Crippen molar-refractivity contribution in [1.82, 2.24) is 0 Å². The zero-order valence-corrected chi connectivity index (χ0v) is 10.9. The molecule has 19 heavy (non-hydrogen) atoms. The molecule has 2 aromatic carbocycles. The Bertz CT molecular complexity index is 593. The second-order valence-electron chi connectivity index (χ2n) is 3.86. The van der Waals surface area contributed by atoms with Crippen LogP contribution in [0, 0.1) is 0 Å². The average molecular weight is 271 g/mol. The second-order valence-corrected chi connectivity index (χ2v) is 4.88. The number of hydrogen-bond acceptors (Lipinski definition) is 4. The number of Topliss-reactive ketones (excluding diaryl/α,β-unsaturated/α-hetero) is 1. The summed E-state index contributed by atoms with van der Waals surface area (Å²) < 4.78 is 0. The van der Waals surface area contributed by atoms with Crippen molar-refractivity contribution in [3.05, 3.63) is 65.7 Å². The first-order valence-electron chi connectivity index (χ1n) is 5.70. The van der Waals surface area contributed by atoms with Gasteiger partial charge >= 0.3 is 0 Å². The van der Waals surface area contributed by atoms with Gasteiger partial charge in [0.1, 0.15) is 0 Å². The van der Waals surface area contributed by atoms with Crippen molar-refractivity contribution >= 4 is 23.5 Å². The highest BCUT2D eigenvalue weighted by molar-refractivity contribution is 8.00. The lowest BCUT2D eigenvalue weighted by Gasteiger charge is -2.09. The van der Waals surface area contributed by atoms with E-state index in [-0.39, 0.29) is 17.1 Å². The van der Waals surface area contributed by atoms with Crippen LogP contribution in [0.1, 0.15) is 20.7 Å². The van der Waals surface area contributed by atoms with E-state index in [1.807, 2.05) is 6.07 Å². The molecule has 0 unspecified atom stereocenters. The van der Waals surface area contributed by atoms with Gasteiger partial charge in [-0.1, -0.05) is 48.5 Å². The summed E-state index contributed by atoms with van der Waals surface area (Å²) >= 11 is 1.21. The molecule has 0 aliphatic carbocycles. The molecule has 0 saturated heterocycles. The Morgan fingerprint density at radius 3 is 2.26 bits per heavy atom. The lowest BCUT2D eigenvalue weighted by atomic mass is 10.2. The maximum Gasteiger partial charge on any atom is 0.173 e. The molecule has 0 atom stereocenters. The number of benzene rings is 2. The van der Waals surface area contributed by atoms with Gasteiger partial charge in [-0.3, -0.25) is 4.79 Å². The molecule has 0 amide bonds. The first-order chi connectivity index (χ1) is 9.18. The molecular formula is C15H11O3S-. The number of rotatable bonds is 5. The van der Waals surface area contributed by atoms with Crippen molar-refractivity contribution in [1.29, 1.82) is 0 Å². The maximum absolute atomic E-state index is 11.9. The molecular weight excluding hydrogens is 260 g/mol. The molecule has 0 heterocycles. The summed E-state index contributed by atoms with van der Waals surface area (Å²) in [5, 5.41) is 10.9. The van der Waals surface area contributed by atoms with Crippen molar-refractivity contribution in [3.8, 4) is 0 Å². The highest BCUT2D eigenvalue weighted by atomic mass is 32.2. The van der Waals surface area contributed by atoms with Gasteiger partial charge in [0.2, 0.25) is 0 Å². The molecule has 0 radical (unpaired) electrons. The van der Waals surface area contributed by atoms with Crippen LogP contribution in [0.5, 0.6) is 0 Å². The molecule has 0 N–H and O–H groups in total. The van der Waals surface area contributed by atoms with E-state index in [0.29, 0.717) is 10.5 Å². The number of thioether (sulfide) groups is 1. The SMILES string of the molecule is O=C(CSc1ccccc1C(=O)[O-])c1ccccc1. The predicted octanol–water partition coefficient (Wildman–Crippen LogP) is 2.03. The summed E-state index contributed by atoms with van der Waals surface area (Å²) in [6.07, 6.45) is 0. The molecule has 0 aliphatic rings. The van der Waals surface area contributed by atoms with Crippen molar-refractivity contribution < 1.29 is 14.7 Å². The third-order valence-electron chi connectivity index (χ3n) is 2.56. The Labute approximate surface area is 115 Å². The fourth-order valence-corrected chi connectivity index (χ4v) is 2.55. The molecule has 2 rings (SSSR count). The Kier molecular flexibility index (Phi) is 4.36. The number of carboxylic acids is 1. The minimum absolute atomic E-state index is 0.0289. The maximum atomic E-state index is 11.9. The molecule has 0 bridgehead atoms. The molecule has 0 fully saturated rings. The third kappa shape index (κ3) is 3.45. The Morgan fingerprint density at radius 2 is 1.58 bits per heavy atom. The largest absolute Gasteiger partial charge is 0.545 e. The van der Waals surface area contributed by atoms with Crippen LogP contribution >= 0.6 is 11.8 Å². The first kappa shape index (κ1) is 13.4. The molecule has 96 valence electrons. The number of hydrogen-bond donors (Lipinski definition) is 0. The fourth-order valence-electron chi connectivity index (χ4n) is 1.61. The van der Waals surface area contributed by atoms with Crippen LogP contribution in [-0.2, 0) is 0 Å². The summed E-state index contributed by atoms with van der Waals surface area (Å²) in [7, 11) is 0. The van der Waals surface area contributed by atoms with Gasteiger partial charge in [-0.25, -0.2) is 0 Å². The Hall–Kier alpha value is -2.07. The second kappa shape index (κ2) is 6.20. The normalized spacial score (nSPS) is 10.1. The van der Waals surface area contributed by atoms with Crippen molar-refractivity contribution in [3.63, 3.8) is 0 Å². The van der Waals surface area contributed by atoms with Crippen LogP contribution in [0.25, 0.3) is 0 Å². The van der Waals surface area contributed by atoms with E-state index in [2.05, 4.69) is 0 Å². The van der Waals surface area contributed by atoms with Crippen molar-refractivity contribution in [2.75, 3.05) is 5.75 Å². The average Bonchev–Trinajstić information content (AvgIpc) is 2.46. The van der Waals surface area contributed by atoms with Crippen LogP contribution < -0.4 is 5.11 Å². The molecule has 0 aromatic heterocycles. The van der Waals surface area contributed by atoms with Gasteiger partial charge in [0.05, 0.1) is 11.7 Å². The topological polar surface area (TPSA) is 57.2 Å². The van der Waals surface area contributed by atoms with Crippen LogP contribution in [0.3, 0.4) is 0 Å². The van der Waals surface area contributed by atoms with Gasteiger partial charge in [0.25, 0.3) is 0 Å². The summed E-state index contributed by atoms with van der Waals surface area (Å²) in [4.78, 5) is 23.4. The van der Waals surface area contributed by atoms with Gasteiger partial charge in [0, 0.05) is 16.0 Å². The van der Waals surface area contributed by atoms with E-state index in [1.54, 1.807) is 42.5 Å². The monoisotopic (exact) mass is 271 g/mol. The number of ketones is 1. The quantitative estimate of drug-likeness (QED) is 0.616. The van der Waals surface area contributed by atoms with Gasteiger partial charge in [0.15, 0.2) is 5.78 Å². The van der Waals surface area contributed by atoms with E-state index in [4.69, 9.17) is 0 Å². The standard InChI is InChI=1S/C15H12O3S/c16-13(11-6-2-1-3-7-11)10-19-14-9-5-4-8-12(14)15(17)18/h1-9H,10H2,(H,17,18)/p-1. The Balaban J connectivity index is 2.07. The summed E-state index contributed by atoms with van der Waals surface area (Å²) in [6.45, 7) is 0. The summed E-state index contributed by atoms with van der Waals surface area (Å²) in [5.41, 5.74) is 0.745. The summed E-state index contributed by atoms with van der Waals surface area (Å²) in [5.74, 6) is -1.05. The highest BCUT2D eigenvalue weighted by Gasteiger charge is 2.08. The molecule has 2 aromatic rings. The van der Waals surface area contributed by atoms with Crippen LogP contribution in [-0.4, -0.2) is 17.5 Å². The van der Waals surface area contributed by atoms with E-state index in [0.717, 1.165) is 0 Å². The number of carboxylic acid groups (broad SMARTS) is 1. The fraction of sp³-hybridized carbons (Fsp3) is 0.0667. The summed E-state index contributed by atoms with van der Waals surface area (Å²) in [6, 6.07) is 15.4. The lowest BCUT2D eigenvalue weighted by Crippen LogP contribution is -2.23. The van der Waals surface area contributed by atoms with Gasteiger partial charge in [-0.15, -0.1) is 11.8 Å². The van der Waals surface area contributed by atoms with Crippen LogP contribution in [0.4, 0.5) is 0 Å². The third-order valence-corrected chi connectivity index (χ3v) is 3.64. The van der Waals surface area contributed by atoms with Gasteiger partial charge in [-0.05, 0) is 6.07 Å². The lowest BCUT2D eigenvalue weighted by molar-refractivity contribution is -0.255. The highest BCUT2D eigenvalue weighted by Crippen LogP contribution is 2.23. The molecule has 3 nitrogen and oxygen atoms in total. The zero-order valence-electron chi connectivity index (χ0n) is 10.0. The number of carbonyl (C=O) groups is 2. The van der Waals surface area contributed by atoms with E-state index < -0.39 is 5.97 Å². The predicted molar refractivity (Wildman–Crippen MR) is 72.3 cm³/mol. The molecule has 0 aliphatic heterocycles. The van der Waals surface area contributed by atoms with E-state index >= 15 is 0 Å².